The number of aliphatic hydroxyl groups is 1. The second-order valence-corrected chi connectivity index (χ2v) is 12.9. The van der Waals surface area contributed by atoms with Gasteiger partial charge in [0.15, 0.2) is 6.29 Å². The number of carbonyl (C=O) groups is 1. The monoisotopic (exact) mass is 642 g/mol. The molecule has 0 radical (unpaired) electrons. The van der Waals surface area contributed by atoms with Crippen molar-refractivity contribution in [1.82, 2.24) is 20.2 Å². The van der Waals surface area contributed by atoms with E-state index in [0.29, 0.717) is 17.8 Å². The van der Waals surface area contributed by atoms with Gasteiger partial charge in [0.1, 0.15) is 5.69 Å². The maximum Gasteiger partial charge on any atom is 0.271 e. The number of amides is 1. The number of nitrogens with one attached hydrogen (secondary N) is 1. The standard InChI is InChI=1S/C40H42N4O4/c1-27-37(25-44-21-7-2-8-22-44)47-40(48-38(27)30-15-13-28(26-45)14-16-30)31-19-17-29(18-20-31)33-10-4-3-9-32(33)23-42-39(46)36-24-41-34-11-5-6-12-35(34)43-36/h3-6,9-20,24,27,37-38,40,45H,2,7-8,21-23,25-26H2,1H3,(H,42,46)/t27-,37+,38+,40+/m1/s1. The van der Waals surface area contributed by atoms with Crippen molar-refractivity contribution in [1.29, 1.82) is 0 Å². The van der Waals surface area contributed by atoms with Gasteiger partial charge in [-0.25, -0.2) is 4.98 Å². The van der Waals surface area contributed by atoms with E-state index in [0.717, 1.165) is 58.5 Å². The minimum absolute atomic E-state index is 0.0145. The number of ether oxygens (including phenoxy) is 2. The van der Waals surface area contributed by atoms with Crippen molar-refractivity contribution in [3.05, 3.63) is 131 Å². The normalized spacial score (nSPS) is 21.6. The summed E-state index contributed by atoms with van der Waals surface area (Å²) in [4.78, 5) is 24.4. The van der Waals surface area contributed by atoms with Crippen LogP contribution in [-0.2, 0) is 22.6 Å². The highest BCUT2D eigenvalue weighted by Crippen LogP contribution is 2.42. The Labute approximate surface area is 281 Å². The van der Waals surface area contributed by atoms with E-state index in [2.05, 4.69) is 69.6 Å². The second kappa shape index (κ2) is 14.7. The fourth-order valence-corrected chi connectivity index (χ4v) is 6.83. The summed E-state index contributed by atoms with van der Waals surface area (Å²) in [5.74, 6) is -0.107. The lowest BCUT2D eigenvalue weighted by Crippen LogP contribution is -2.45. The van der Waals surface area contributed by atoms with E-state index >= 15 is 0 Å². The third-order valence-electron chi connectivity index (χ3n) is 9.64. The third kappa shape index (κ3) is 7.17. The van der Waals surface area contributed by atoms with Gasteiger partial charge in [-0.15, -0.1) is 0 Å². The fraction of sp³-hybridized carbons (Fsp3) is 0.325. The van der Waals surface area contributed by atoms with Crippen LogP contribution in [0.1, 0.15) is 71.3 Å². The van der Waals surface area contributed by atoms with Crippen LogP contribution in [0.3, 0.4) is 0 Å². The summed E-state index contributed by atoms with van der Waals surface area (Å²) in [7, 11) is 0. The molecular weight excluding hydrogens is 600 g/mol. The van der Waals surface area contributed by atoms with Crippen molar-refractivity contribution in [3.63, 3.8) is 0 Å². The molecule has 2 N–H and O–H groups in total. The molecule has 2 aliphatic heterocycles. The highest BCUT2D eigenvalue weighted by atomic mass is 16.7. The van der Waals surface area contributed by atoms with Gasteiger partial charge in [-0.1, -0.05) is 98.3 Å². The molecule has 246 valence electrons. The maximum absolute atomic E-state index is 13.0. The van der Waals surface area contributed by atoms with Gasteiger partial charge in [0.05, 0.1) is 36.0 Å². The van der Waals surface area contributed by atoms with Gasteiger partial charge < -0.3 is 24.8 Å². The van der Waals surface area contributed by atoms with Gasteiger partial charge in [0.25, 0.3) is 5.91 Å². The van der Waals surface area contributed by atoms with Crippen LogP contribution in [0, 0.1) is 5.92 Å². The molecule has 0 bridgehead atoms. The smallest absolute Gasteiger partial charge is 0.271 e. The average molecular weight is 643 g/mol. The molecule has 7 rings (SSSR count). The molecule has 8 nitrogen and oxygen atoms in total. The summed E-state index contributed by atoms with van der Waals surface area (Å²) in [5, 5.41) is 12.6. The Morgan fingerprint density at radius 1 is 0.854 bits per heavy atom. The number of hydrogen-bond donors (Lipinski definition) is 2. The summed E-state index contributed by atoms with van der Waals surface area (Å²) >= 11 is 0. The number of carbonyl (C=O) groups excluding carboxylic acids is 1. The number of benzene rings is 4. The molecule has 0 unspecified atom stereocenters. The molecule has 0 aliphatic carbocycles. The summed E-state index contributed by atoms with van der Waals surface area (Å²) in [6.45, 7) is 5.70. The predicted molar refractivity (Wildman–Crippen MR) is 186 cm³/mol. The van der Waals surface area contributed by atoms with Crippen LogP contribution >= 0.6 is 0 Å². The molecule has 5 aromatic rings. The van der Waals surface area contributed by atoms with Crippen LogP contribution in [0.4, 0.5) is 0 Å². The zero-order chi connectivity index (χ0) is 32.9. The number of nitrogens with zero attached hydrogens (tertiary/aromatic N) is 3. The number of aromatic nitrogens is 2. The Kier molecular flexibility index (Phi) is 9.86. The van der Waals surface area contributed by atoms with Crippen molar-refractivity contribution in [2.75, 3.05) is 19.6 Å². The Morgan fingerprint density at radius 2 is 1.56 bits per heavy atom. The molecule has 0 spiro atoms. The van der Waals surface area contributed by atoms with E-state index in [-0.39, 0.29) is 30.6 Å². The van der Waals surface area contributed by atoms with E-state index in [1.54, 1.807) is 0 Å². The van der Waals surface area contributed by atoms with Gasteiger partial charge in [-0.05, 0) is 65.9 Å². The van der Waals surface area contributed by atoms with Crippen molar-refractivity contribution >= 4 is 16.9 Å². The first kappa shape index (κ1) is 32.1. The summed E-state index contributed by atoms with van der Waals surface area (Å²) in [6, 6.07) is 32.1. The fourth-order valence-electron chi connectivity index (χ4n) is 6.83. The Balaban J connectivity index is 1.08. The average Bonchev–Trinajstić information content (AvgIpc) is 3.15. The molecule has 1 aromatic heterocycles. The molecule has 2 saturated heterocycles. The van der Waals surface area contributed by atoms with Gasteiger partial charge in [0.2, 0.25) is 0 Å². The van der Waals surface area contributed by atoms with Crippen LogP contribution in [0.25, 0.3) is 22.2 Å². The number of para-hydroxylation sites is 2. The maximum atomic E-state index is 13.0. The Hall–Kier alpha value is -4.47. The van der Waals surface area contributed by atoms with Crippen molar-refractivity contribution in [3.8, 4) is 11.1 Å². The molecule has 2 fully saturated rings. The first-order valence-electron chi connectivity index (χ1n) is 17.0. The molecule has 0 saturated carbocycles. The molecule has 3 heterocycles. The lowest BCUT2D eigenvalue weighted by atomic mass is 9.89. The van der Waals surface area contributed by atoms with Crippen LogP contribution < -0.4 is 5.32 Å². The number of aliphatic hydroxyl groups excluding tert-OH is 1. The lowest BCUT2D eigenvalue weighted by Gasteiger charge is -2.43. The largest absolute Gasteiger partial charge is 0.392 e. The number of fused-ring (bicyclic) bond motifs is 1. The quantitative estimate of drug-likeness (QED) is 0.179. The van der Waals surface area contributed by atoms with E-state index in [1.807, 2.05) is 54.6 Å². The third-order valence-corrected chi connectivity index (χ3v) is 9.64. The molecule has 2 aliphatic rings. The summed E-state index contributed by atoms with van der Waals surface area (Å²) < 4.78 is 13.4. The predicted octanol–water partition coefficient (Wildman–Crippen LogP) is 7.00. The van der Waals surface area contributed by atoms with Crippen molar-refractivity contribution in [2.24, 2.45) is 5.92 Å². The van der Waals surface area contributed by atoms with Crippen LogP contribution in [0.2, 0.25) is 0 Å². The first-order valence-corrected chi connectivity index (χ1v) is 17.0. The highest BCUT2D eigenvalue weighted by Gasteiger charge is 2.39. The van der Waals surface area contributed by atoms with E-state index in [1.165, 1.54) is 25.5 Å². The molecule has 48 heavy (non-hydrogen) atoms. The van der Waals surface area contributed by atoms with Crippen LogP contribution in [0.5, 0.6) is 0 Å². The SMILES string of the molecule is C[C@@H]1[C@H](CN2CCCCC2)O[C@H](c2ccc(-c3ccccc3CNC(=O)c3cnc4ccccc4n3)cc2)O[C@@H]1c1ccc(CO)cc1. The van der Waals surface area contributed by atoms with E-state index in [4.69, 9.17) is 9.47 Å². The van der Waals surface area contributed by atoms with Gasteiger partial charge >= 0.3 is 0 Å². The minimum Gasteiger partial charge on any atom is -0.392 e. The van der Waals surface area contributed by atoms with Gasteiger partial charge in [-0.3, -0.25) is 9.78 Å². The summed E-state index contributed by atoms with van der Waals surface area (Å²) in [6.07, 6.45) is 4.65. The lowest BCUT2D eigenvalue weighted by molar-refractivity contribution is -0.276. The van der Waals surface area contributed by atoms with Crippen molar-refractivity contribution < 1.29 is 19.4 Å². The molecule has 4 atom stereocenters. The first-order chi connectivity index (χ1) is 23.6. The summed E-state index contributed by atoms with van der Waals surface area (Å²) in [5.41, 5.74) is 7.76. The molecule has 1 amide bonds. The number of likely N-dealkylation sites (tertiary alicyclic amines) is 1. The molecule has 8 heteroatoms. The molecule has 4 aromatic carbocycles. The van der Waals surface area contributed by atoms with E-state index < -0.39 is 6.29 Å². The van der Waals surface area contributed by atoms with Crippen LogP contribution in [-0.4, -0.2) is 51.6 Å². The minimum atomic E-state index is -0.509. The van der Waals surface area contributed by atoms with Crippen LogP contribution in [0.15, 0.2) is 103 Å². The molecular formula is C40H42N4O4. The zero-order valence-corrected chi connectivity index (χ0v) is 27.3. The van der Waals surface area contributed by atoms with E-state index in [9.17, 15) is 9.90 Å². The number of piperidine rings is 1. The van der Waals surface area contributed by atoms with Gasteiger partial charge in [0, 0.05) is 24.6 Å². The highest BCUT2D eigenvalue weighted by molar-refractivity contribution is 5.93. The topological polar surface area (TPSA) is 96.8 Å². The van der Waals surface area contributed by atoms with Gasteiger partial charge in [-0.2, -0.15) is 0 Å². The Morgan fingerprint density at radius 3 is 2.33 bits per heavy atom. The van der Waals surface area contributed by atoms with Crippen molar-refractivity contribution in [2.45, 2.75) is 57.8 Å². The Bertz CT molecular complexity index is 1840. The zero-order valence-electron chi connectivity index (χ0n) is 27.3. The number of hydrogen-bond acceptors (Lipinski definition) is 7. The second-order valence-electron chi connectivity index (χ2n) is 12.9. The number of rotatable bonds is 9.